The summed E-state index contributed by atoms with van der Waals surface area (Å²) in [4.78, 5) is 2.55. The van der Waals surface area contributed by atoms with E-state index in [1.54, 1.807) is 7.11 Å². The number of nitrogens with one attached hydrogen (secondary N) is 1. The van der Waals surface area contributed by atoms with Gasteiger partial charge in [0.1, 0.15) is 5.75 Å². The van der Waals surface area contributed by atoms with Gasteiger partial charge in [0, 0.05) is 12.1 Å². The molecule has 2 rings (SSSR count). The zero-order chi connectivity index (χ0) is 13.7. The molecule has 19 heavy (non-hydrogen) atoms. The van der Waals surface area contributed by atoms with Crippen LogP contribution < -0.4 is 10.1 Å². The lowest BCUT2D eigenvalue weighted by Gasteiger charge is -2.32. The highest BCUT2D eigenvalue weighted by Crippen LogP contribution is 2.24. The summed E-state index contributed by atoms with van der Waals surface area (Å²) in [6.07, 6.45) is 2.60. The van der Waals surface area contributed by atoms with E-state index in [0.717, 1.165) is 24.8 Å². The highest BCUT2D eigenvalue weighted by Gasteiger charge is 2.19. The van der Waals surface area contributed by atoms with E-state index < -0.39 is 0 Å². The van der Waals surface area contributed by atoms with Crippen molar-refractivity contribution in [2.75, 3.05) is 33.8 Å². The number of hydrogen-bond donors (Lipinski definition) is 1. The molecular weight excluding hydrogens is 236 g/mol. The van der Waals surface area contributed by atoms with Crippen LogP contribution in [0.25, 0.3) is 0 Å². The minimum atomic E-state index is 0.848. The van der Waals surface area contributed by atoms with E-state index in [0.29, 0.717) is 0 Å². The maximum Gasteiger partial charge on any atom is 0.123 e. The van der Waals surface area contributed by atoms with Crippen LogP contribution in [0.5, 0.6) is 5.75 Å². The van der Waals surface area contributed by atoms with Gasteiger partial charge in [-0.3, -0.25) is 4.90 Å². The van der Waals surface area contributed by atoms with Crippen molar-refractivity contribution in [1.29, 1.82) is 0 Å². The van der Waals surface area contributed by atoms with E-state index in [-0.39, 0.29) is 0 Å². The first-order valence-electron chi connectivity index (χ1n) is 7.23. The summed E-state index contributed by atoms with van der Waals surface area (Å²) in [5, 5.41) is 3.29. The van der Waals surface area contributed by atoms with E-state index in [4.69, 9.17) is 4.74 Å². The fraction of sp³-hybridized carbons (Fsp3) is 0.625. The molecule has 1 N–H and O–H groups in total. The third-order valence-electron chi connectivity index (χ3n) is 4.03. The average Bonchev–Trinajstić information content (AvgIpc) is 2.42. The number of piperidine rings is 1. The minimum Gasteiger partial charge on any atom is -0.496 e. The van der Waals surface area contributed by atoms with E-state index >= 15 is 0 Å². The van der Waals surface area contributed by atoms with Crippen molar-refractivity contribution in [1.82, 2.24) is 10.2 Å². The molecule has 0 saturated carbocycles. The molecule has 0 radical (unpaired) electrons. The zero-order valence-electron chi connectivity index (χ0n) is 12.4. The molecule has 1 aromatic carbocycles. The Kier molecular flexibility index (Phi) is 5.23. The first-order chi connectivity index (χ1) is 9.22. The largest absolute Gasteiger partial charge is 0.496 e. The number of methoxy groups -OCH3 is 1. The van der Waals surface area contributed by atoms with Crippen molar-refractivity contribution in [3.05, 3.63) is 29.3 Å². The Bertz CT molecular complexity index is 398. The molecule has 0 aliphatic carbocycles. The van der Waals surface area contributed by atoms with Crippen molar-refractivity contribution in [3.63, 3.8) is 0 Å². The van der Waals surface area contributed by atoms with Crippen LogP contribution in [0.2, 0.25) is 0 Å². The summed E-state index contributed by atoms with van der Waals surface area (Å²) < 4.78 is 5.46. The summed E-state index contributed by atoms with van der Waals surface area (Å²) in [6, 6.07) is 6.44. The van der Waals surface area contributed by atoms with Gasteiger partial charge in [0.2, 0.25) is 0 Å². The second-order valence-electron chi connectivity index (χ2n) is 5.59. The van der Waals surface area contributed by atoms with Gasteiger partial charge < -0.3 is 10.1 Å². The average molecular weight is 262 g/mol. The minimum absolute atomic E-state index is 0.848. The van der Waals surface area contributed by atoms with Gasteiger partial charge in [0.25, 0.3) is 0 Å². The molecule has 1 aliphatic rings. The Balaban J connectivity index is 1.93. The van der Waals surface area contributed by atoms with Gasteiger partial charge in [0.05, 0.1) is 7.11 Å². The predicted octanol–water partition coefficient (Wildman–Crippen LogP) is 2.44. The van der Waals surface area contributed by atoms with E-state index in [2.05, 4.69) is 35.3 Å². The molecular formula is C16H26N2O. The molecule has 0 bridgehead atoms. The number of likely N-dealkylation sites (tertiary alicyclic amines) is 1. The molecule has 1 fully saturated rings. The van der Waals surface area contributed by atoms with Crippen molar-refractivity contribution in [3.8, 4) is 5.75 Å². The Morgan fingerprint density at radius 3 is 2.68 bits per heavy atom. The van der Waals surface area contributed by atoms with Crippen molar-refractivity contribution in [2.24, 2.45) is 5.92 Å². The van der Waals surface area contributed by atoms with Gasteiger partial charge in [-0.2, -0.15) is 0 Å². The highest BCUT2D eigenvalue weighted by molar-refractivity contribution is 5.36. The number of benzene rings is 1. The maximum atomic E-state index is 5.46. The second kappa shape index (κ2) is 6.92. The molecule has 1 aliphatic heterocycles. The van der Waals surface area contributed by atoms with Crippen LogP contribution in [0.3, 0.4) is 0 Å². The lowest BCUT2D eigenvalue weighted by Crippen LogP contribution is -2.36. The molecule has 0 atom stereocenters. The van der Waals surface area contributed by atoms with Crippen LogP contribution in [0.15, 0.2) is 18.2 Å². The monoisotopic (exact) mass is 262 g/mol. The lowest BCUT2D eigenvalue weighted by atomic mass is 9.96. The summed E-state index contributed by atoms with van der Waals surface area (Å²) in [7, 11) is 3.80. The van der Waals surface area contributed by atoms with Gasteiger partial charge in [0.15, 0.2) is 0 Å². The lowest BCUT2D eigenvalue weighted by molar-refractivity contribution is 0.175. The van der Waals surface area contributed by atoms with Gasteiger partial charge in [-0.1, -0.05) is 17.7 Å². The van der Waals surface area contributed by atoms with Crippen LogP contribution in [0.4, 0.5) is 0 Å². The van der Waals surface area contributed by atoms with Gasteiger partial charge >= 0.3 is 0 Å². The second-order valence-corrected chi connectivity index (χ2v) is 5.59. The SMILES string of the molecule is CNCC1CCN(Cc2cc(C)ccc2OC)CC1. The summed E-state index contributed by atoms with van der Waals surface area (Å²) in [5.41, 5.74) is 2.62. The maximum absolute atomic E-state index is 5.46. The first-order valence-corrected chi connectivity index (χ1v) is 7.23. The van der Waals surface area contributed by atoms with Crippen LogP contribution >= 0.6 is 0 Å². The molecule has 3 nitrogen and oxygen atoms in total. The van der Waals surface area contributed by atoms with Crippen LogP contribution in [-0.2, 0) is 6.54 Å². The van der Waals surface area contributed by atoms with Crippen molar-refractivity contribution >= 4 is 0 Å². The number of rotatable bonds is 5. The van der Waals surface area contributed by atoms with E-state index in [9.17, 15) is 0 Å². The Hall–Kier alpha value is -1.06. The standard InChI is InChI=1S/C16H26N2O/c1-13-4-5-16(19-3)15(10-13)12-18-8-6-14(7-9-18)11-17-2/h4-5,10,14,17H,6-9,11-12H2,1-3H3. The normalized spacial score (nSPS) is 17.6. The van der Waals surface area contributed by atoms with Gasteiger partial charge in [-0.05, 0) is 58.4 Å². The highest BCUT2D eigenvalue weighted by atomic mass is 16.5. The van der Waals surface area contributed by atoms with Crippen LogP contribution in [-0.4, -0.2) is 38.7 Å². The van der Waals surface area contributed by atoms with E-state index in [1.807, 2.05) is 7.05 Å². The van der Waals surface area contributed by atoms with Gasteiger partial charge in [-0.15, -0.1) is 0 Å². The fourth-order valence-electron chi connectivity index (χ4n) is 2.91. The van der Waals surface area contributed by atoms with E-state index in [1.165, 1.54) is 37.1 Å². The summed E-state index contributed by atoms with van der Waals surface area (Å²) in [6.45, 7) is 6.70. The summed E-state index contributed by atoms with van der Waals surface area (Å²) in [5.74, 6) is 1.86. The first kappa shape index (κ1) is 14.4. The number of aryl methyl sites for hydroxylation is 1. The van der Waals surface area contributed by atoms with Crippen molar-refractivity contribution in [2.45, 2.75) is 26.3 Å². The topological polar surface area (TPSA) is 24.5 Å². The fourth-order valence-corrected chi connectivity index (χ4v) is 2.91. The molecule has 106 valence electrons. The Morgan fingerprint density at radius 1 is 1.32 bits per heavy atom. The quantitative estimate of drug-likeness (QED) is 0.882. The number of nitrogens with zero attached hydrogens (tertiary/aromatic N) is 1. The summed E-state index contributed by atoms with van der Waals surface area (Å²) >= 11 is 0. The van der Waals surface area contributed by atoms with Crippen LogP contribution in [0, 0.1) is 12.8 Å². The molecule has 3 heteroatoms. The third-order valence-corrected chi connectivity index (χ3v) is 4.03. The van der Waals surface area contributed by atoms with Crippen molar-refractivity contribution < 1.29 is 4.74 Å². The smallest absolute Gasteiger partial charge is 0.123 e. The third kappa shape index (κ3) is 3.95. The Morgan fingerprint density at radius 2 is 2.05 bits per heavy atom. The zero-order valence-corrected chi connectivity index (χ0v) is 12.4. The number of hydrogen-bond acceptors (Lipinski definition) is 3. The molecule has 1 heterocycles. The molecule has 0 spiro atoms. The Labute approximate surface area is 116 Å². The molecule has 0 unspecified atom stereocenters. The number of ether oxygens (including phenoxy) is 1. The molecule has 1 saturated heterocycles. The van der Waals surface area contributed by atoms with Gasteiger partial charge in [-0.25, -0.2) is 0 Å². The molecule has 1 aromatic rings. The molecule has 0 aromatic heterocycles. The predicted molar refractivity (Wildman–Crippen MR) is 79.7 cm³/mol. The van der Waals surface area contributed by atoms with Crippen LogP contribution in [0.1, 0.15) is 24.0 Å². The molecule has 0 amide bonds.